The predicted octanol–water partition coefficient (Wildman–Crippen LogP) is 3.30. The highest BCUT2D eigenvalue weighted by atomic mass is 32.1. The molecule has 1 aromatic heterocycles. The molecular weight excluding hydrogens is 326 g/mol. The van der Waals surface area contributed by atoms with Crippen molar-refractivity contribution in [1.29, 1.82) is 5.26 Å². The van der Waals surface area contributed by atoms with Gasteiger partial charge in [0.15, 0.2) is 0 Å². The molecule has 0 amide bonds. The number of nitrogens with zero attached hydrogens (tertiary/aromatic N) is 2. The zero-order valence-electron chi connectivity index (χ0n) is 14.2. The molecule has 0 spiro atoms. The van der Waals surface area contributed by atoms with Crippen LogP contribution in [0.15, 0.2) is 18.2 Å². The molecule has 7 heteroatoms. The van der Waals surface area contributed by atoms with Crippen molar-refractivity contribution >= 4 is 17.3 Å². The smallest absolute Gasteiger partial charge is 0.347 e. The molecule has 0 saturated heterocycles. The molecule has 2 rings (SSSR count). The average molecular weight is 347 g/mol. The monoisotopic (exact) mass is 347 g/mol. The Balaban J connectivity index is 0.00000139. The lowest BCUT2D eigenvalue weighted by atomic mass is 10.1. The van der Waals surface area contributed by atoms with Crippen molar-refractivity contribution in [2.75, 3.05) is 13.7 Å². The van der Waals surface area contributed by atoms with Gasteiger partial charge in [-0.15, -0.1) is 11.3 Å². The molecular formula is C17H21N3O3S. The molecule has 0 fully saturated rings. The van der Waals surface area contributed by atoms with Crippen molar-refractivity contribution in [3.05, 3.63) is 34.3 Å². The van der Waals surface area contributed by atoms with Crippen LogP contribution in [0.25, 0.3) is 10.6 Å². The van der Waals surface area contributed by atoms with Gasteiger partial charge in [0.2, 0.25) is 0 Å². The Hall–Kier alpha value is -2.43. The number of rotatable bonds is 5. The molecule has 0 saturated carbocycles. The molecule has 2 aromatic rings. The third-order valence-electron chi connectivity index (χ3n) is 2.91. The van der Waals surface area contributed by atoms with Crippen LogP contribution in [0.1, 0.15) is 34.8 Å². The van der Waals surface area contributed by atoms with Crippen LogP contribution in [-0.2, 0) is 0 Å². The number of aromatic carboxylic acids is 1. The number of carboxylic acids is 1. The van der Waals surface area contributed by atoms with E-state index in [2.05, 4.69) is 16.8 Å². The molecule has 1 aromatic carbocycles. The van der Waals surface area contributed by atoms with Gasteiger partial charge in [0.25, 0.3) is 0 Å². The SMILES string of the molecule is CN.Cc1nc(-c2ccc(OCC(C)C)c(C#N)c2)sc1C(=O)O. The molecule has 0 atom stereocenters. The van der Waals surface area contributed by atoms with Crippen molar-refractivity contribution in [2.45, 2.75) is 20.8 Å². The second-order valence-electron chi connectivity index (χ2n) is 5.27. The Morgan fingerprint density at radius 3 is 2.62 bits per heavy atom. The topological polar surface area (TPSA) is 109 Å². The summed E-state index contributed by atoms with van der Waals surface area (Å²) in [4.78, 5) is 15.6. The fourth-order valence-electron chi connectivity index (χ4n) is 1.85. The lowest BCUT2D eigenvalue weighted by molar-refractivity contribution is 0.0701. The van der Waals surface area contributed by atoms with Crippen LogP contribution in [0.3, 0.4) is 0 Å². The zero-order valence-corrected chi connectivity index (χ0v) is 15.0. The van der Waals surface area contributed by atoms with Gasteiger partial charge in [-0.25, -0.2) is 9.78 Å². The number of nitriles is 1. The molecule has 3 N–H and O–H groups in total. The summed E-state index contributed by atoms with van der Waals surface area (Å²) in [5.74, 6) is -0.0868. The summed E-state index contributed by atoms with van der Waals surface area (Å²) in [7, 11) is 1.50. The van der Waals surface area contributed by atoms with E-state index in [4.69, 9.17) is 9.84 Å². The van der Waals surface area contributed by atoms with Crippen molar-refractivity contribution in [3.63, 3.8) is 0 Å². The maximum absolute atomic E-state index is 11.1. The molecule has 6 nitrogen and oxygen atoms in total. The molecule has 0 radical (unpaired) electrons. The van der Waals surface area contributed by atoms with Crippen LogP contribution in [0.2, 0.25) is 0 Å². The largest absolute Gasteiger partial charge is 0.492 e. The highest BCUT2D eigenvalue weighted by Crippen LogP contribution is 2.31. The molecule has 1 heterocycles. The van der Waals surface area contributed by atoms with Gasteiger partial charge < -0.3 is 15.6 Å². The first-order valence-corrected chi connectivity index (χ1v) is 8.19. The molecule has 0 aliphatic carbocycles. The van der Waals surface area contributed by atoms with Gasteiger partial charge in [-0.05, 0) is 38.1 Å². The van der Waals surface area contributed by atoms with Crippen LogP contribution in [0.5, 0.6) is 5.75 Å². The average Bonchev–Trinajstić information content (AvgIpc) is 2.96. The summed E-state index contributed by atoms with van der Waals surface area (Å²) in [6.45, 7) is 6.26. The second kappa shape index (κ2) is 9.01. The zero-order chi connectivity index (χ0) is 18.3. The van der Waals surface area contributed by atoms with Crippen molar-refractivity contribution in [1.82, 2.24) is 4.98 Å². The van der Waals surface area contributed by atoms with E-state index in [0.717, 1.165) is 11.3 Å². The highest BCUT2D eigenvalue weighted by molar-refractivity contribution is 7.17. The predicted molar refractivity (Wildman–Crippen MR) is 94.4 cm³/mol. The molecule has 24 heavy (non-hydrogen) atoms. The number of benzene rings is 1. The number of nitrogens with two attached hydrogens (primary N) is 1. The van der Waals surface area contributed by atoms with Crippen LogP contribution < -0.4 is 10.5 Å². The Bertz CT molecular complexity index is 748. The lowest BCUT2D eigenvalue weighted by Gasteiger charge is -2.10. The summed E-state index contributed by atoms with van der Waals surface area (Å²) in [6, 6.07) is 7.31. The Morgan fingerprint density at radius 2 is 2.12 bits per heavy atom. The van der Waals surface area contributed by atoms with Gasteiger partial charge >= 0.3 is 5.97 Å². The minimum Gasteiger partial charge on any atom is -0.492 e. The van der Waals surface area contributed by atoms with Crippen molar-refractivity contribution < 1.29 is 14.6 Å². The number of aromatic nitrogens is 1. The maximum Gasteiger partial charge on any atom is 0.347 e. The lowest BCUT2D eigenvalue weighted by Crippen LogP contribution is -2.05. The number of carboxylic acid groups (broad SMARTS) is 1. The number of aryl methyl sites for hydroxylation is 1. The standard InChI is InChI=1S/C16H16N2O3S.CH5N/c1-9(2)8-21-13-5-4-11(6-12(13)7-17)15-18-10(3)14(22-15)16(19)20;1-2/h4-6,9H,8H2,1-3H3,(H,19,20);2H2,1H3. The molecule has 128 valence electrons. The van der Waals surface area contributed by atoms with E-state index in [1.165, 1.54) is 7.05 Å². The van der Waals surface area contributed by atoms with Crippen molar-refractivity contribution in [3.8, 4) is 22.4 Å². The Morgan fingerprint density at radius 1 is 1.46 bits per heavy atom. The van der Waals surface area contributed by atoms with Crippen LogP contribution in [0, 0.1) is 24.2 Å². The number of hydrogen-bond donors (Lipinski definition) is 2. The Kier molecular flexibility index (Phi) is 7.36. The van der Waals surface area contributed by atoms with Gasteiger partial charge in [-0.3, -0.25) is 0 Å². The highest BCUT2D eigenvalue weighted by Gasteiger charge is 2.16. The molecule has 0 aliphatic rings. The number of carbonyl (C=O) groups is 1. The number of ether oxygens (including phenoxy) is 1. The Labute approximate surface area is 145 Å². The second-order valence-corrected chi connectivity index (χ2v) is 6.27. The number of hydrogen-bond acceptors (Lipinski definition) is 6. The van der Waals surface area contributed by atoms with Gasteiger partial charge in [-0.2, -0.15) is 5.26 Å². The van der Waals surface area contributed by atoms with Gasteiger partial charge in [0, 0.05) is 5.56 Å². The third-order valence-corrected chi connectivity index (χ3v) is 4.10. The quantitative estimate of drug-likeness (QED) is 0.859. The van der Waals surface area contributed by atoms with E-state index in [9.17, 15) is 10.1 Å². The molecule has 0 unspecified atom stereocenters. The van der Waals surface area contributed by atoms with Gasteiger partial charge in [0.05, 0.1) is 17.9 Å². The van der Waals surface area contributed by atoms with E-state index in [1.807, 2.05) is 13.8 Å². The van der Waals surface area contributed by atoms with Crippen LogP contribution in [-0.4, -0.2) is 29.7 Å². The first-order chi connectivity index (χ1) is 11.4. The number of thiazole rings is 1. The summed E-state index contributed by atoms with van der Waals surface area (Å²) < 4.78 is 5.61. The molecule has 0 bridgehead atoms. The van der Waals surface area contributed by atoms with E-state index >= 15 is 0 Å². The van der Waals surface area contributed by atoms with E-state index in [0.29, 0.717) is 40.1 Å². The first-order valence-electron chi connectivity index (χ1n) is 7.38. The van der Waals surface area contributed by atoms with Gasteiger partial charge in [-0.1, -0.05) is 13.8 Å². The van der Waals surface area contributed by atoms with Crippen LogP contribution in [0.4, 0.5) is 0 Å². The summed E-state index contributed by atoms with van der Waals surface area (Å²) in [5.41, 5.74) is 6.11. The van der Waals surface area contributed by atoms with Gasteiger partial charge in [0.1, 0.15) is 21.7 Å². The third kappa shape index (κ3) is 4.78. The molecule has 0 aliphatic heterocycles. The van der Waals surface area contributed by atoms with Crippen molar-refractivity contribution in [2.24, 2.45) is 11.7 Å². The fraction of sp³-hybridized carbons (Fsp3) is 0.353. The summed E-state index contributed by atoms with van der Waals surface area (Å²) in [6.07, 6.45) is 0. The van der Waals surface area contributed by atoms with Crippen LogP contribution >= 0.6 is 11.3 Å². The summed E-state index contributed by atoms with van der Waals surface area (Å²) in [5, 5.41) is 18.9. The van der Waals surface area contributed by atoms with E-state index in [1.54, 1.807) is 25.1 Å². The minimum atomic E-state index is -0.987. The fourth-order valence-corrected chi connectivity index (χ4v) is 2.75. The maximum atomic E-state index is 11.1. The van der Waals surface area contributed by atoms with E-state index < -0.39 is 5.97 Å². The normalized spacial score (nSPS) is 9.88. The first kappa shape index (κ1) is 19.6. The van der Waals surface area contributed by atoms with E-state index in [-0.39, 0.29) is 4.88 Å². The summed E-state index contributed by atoms with van der Waals surface area (Å²) >= 11 is 1.10. The minimum absolute atomic E-state index is 0.216.